The van der Waals surface area contributed by atoms with Crippen LogP contribution in [0.2, 0.25) is 0 Å². The van der Waals surface area contributed by atoms with Gasteiger partial charge in [-0.1, -0.05) is 230 Å². The molecular formula is C67H46BNO. The first kappa shape index (κ1) is 40.4. The van der Waals surface area contributed by atoms with Gasteiger partial charge in [-0.25, -0.2) is 0 Å². The maximum atomic E-state index is 7.19. The lowest BCUT2D eigenvalue weighted by Gasteiger charge is -2.34. The highest BCUT2D eigenvalue weighted by atomic mass is 16.5. The van der Waals surface area contributed by atoms with E-state index in [9.17, 15) is 0 Å². The molecule has 0 amide bonds. The van der Waals surface area contributed by atoms with Crippen molar-refractivity contribution >= 4 is 83.3 Å². The maximum Gasteiger partial charge on any atom is 0.242 e. The second-order valence-corrected chi connectivity index (χ2v) is 19.5. The minimum atomic E-state index is -0.235. The summed E-state index contributed by atoms with van der Waals surface area (Å²) in [6, 6.07) is 89.3. The van der Waals surface area contributed by atoms with Crippen molar-refractivity contribution in [2.45, 2.75) is 19.3 Å². The lowest BCUT2D eigenvalue weighted by molar-refractivity contribution is 0.487. The third-order valence-electron chi connectivity index (χ3n) is 15.3. The summed E-state index contributed by atoms with van der Waals surface area (Å²) in [5.41, 5.74) is 16.8. The van der Waals surface area contributed by atoms with Crippen molar-refractivity contribution in [1.29, 1.82) is 0 Å². The van der Waals surface area contributed by atoms with Crippen LogP contribution in [0, 0.1) is 0 Å². The Morgan fingerprint density at radius 3 is 1.87 bits per heavy atom. The van der Waals surface area contributed by atoms with Crippen molar-refractivity contribution in [2.75, 3.05) is 4.90 Å². The minimum Gasteiger partial charge on any atom is -0.456 e. The number of rotatable bonds is 7. The fraction of sp³-hybridized carbons (Fsp3) is 0.0448. The van der Waals surface area contributed by atoms with Crippen LogP contribution >= 0.6 is 0 Å². The van der Waals surface area contributed by atoms with Gasteiger partial charge in [-0.15, -0.1) is 0 Å². The molecule has 1 heterocycles. The molecule has 2 nitrogen and oxygen atoms in total. The zero-order chi connectivity index (χ0) is 46.5. The van der Waals surface area contributed by atoms with E-state index >= 15 is 0 Å². The largest absolute Gasteiger partial charge is 0.456 e. The van der Waals surface area contributed by atoms with Crippen LogP contribution in [0.5, 0.6) is 11.5 Å². The number of para-hydroxylation sites is 1. The summed E-state index contributed by atoms with van der Waals surface area (Å²) in [6.45, 7) is 4.75. The number of fused-ring (bicyclic) bond motifs is 10. The van der Waals surface area contributed by atoms with Crippen molar-refractivity contribution in [1.82, 2.24) is 0 Å². The number of nitrogens with zero attached hydrogens (tertiary/aromatic N) is 1. The normalized spacial score (nSPS) is 12.9. The average molecular weight is 892 g/mol. The van der Waals surface area contributed by atoms with Crippen molar-refractivity contribution in [3.05, 3.63) is 254 Å². The average Bonchev–Trinajstić information content (AvgIpc) is 3.65. The Morgan fingerprint density at radius 1 is 0.386 bits per heavy atom. The van der Waals surface area contributed by atoms with Gasteiger partial charge < -0.3 is 9.64 Å². The highest BCUT2D eigenvalue weighted by Crippen LogP contribution is 2.56. The molecule has 328 valence electrons. The van der Waals surface area contributed by atoms with Crippen LogP contribution in [0.3, 0.4) is 0 Å². The molecule has 1 aliphatic heterocycles. The molecule has 0 saturated heterocycles. The van der Waals surface area contributed by atoms with Crippen LogP contribution in [-0.4, -0.2) is 6.71 Å². The lowest BCUT2D eigenvalue weighted by atomic mass is 9.35. The molecule has 0 N–H and O–H groups in total. The van der Waals surface area contributed by atoms with E-state index in [0.717, 1.165) is 45.1 Å². The molecule has 0 unspecified atom stereocenters. The Morgan fingerprint density at radius 2 is 1.01 bits per heavy atom. The molecule has 0 saturated carbocycles. The standard InChI is InChI=1S/C67H46BNO/c1-67(2)58-33-15-13-29-50(58)54-32-18-36-62(66(54)67)69(61-35-16-14-27-48(61)44-20-5-3-6-21-44)46-38-39-52-57-41-55-49-28-11-12-30-51(49)60(42-56(55)53-31-19-37-63(65(53)57)70-64(52)40-46)68(45-24-7-4-8-25-45)59-34-17-23-43-22-9-10-26-47(43)59/h3-42H,1-2H3. The van der Waals surface area contributed by atoms with Gasteiger partial charge in [0.25, 0.3) is 0 Å². The van der Waals surface area contributed by atoms with E-state index in [-0.39, 0.29) is 12.1 Å². The summed E-state index contributed by atoms with van der Waals surface area (Å²) >= 11 is 0. The Kier molecular flexibility index (Phi) is 9.07. The molecular weight excluding hydrogens is 846 g/mol. The smallest absolute Gasteiger partial charge is 0.242 e. The molecule has 0 bridgehead atoms. The third-order valence-corrected chi connectivity index (χ3v) is 15.3. The highest BCUT2D eigenvalue weighted by molar-refractivity contribution is 6.98. The first-order valence-electron chi connectivity index (χ1n) is 24.5. The first-order chi connectivity index (χ1) is 34.5. The fourth-order valence-corrected chi connectivity index (χ4v) is 12.3. The quantitative estimate of drug-likeness (QED) is 0.117. The van der Waals surface area contributed by atoms with Gasteiger partial charge in [0.05, 0.1) is 11.4 Å². The van der Waals surface area contributed by atoms with Crippen LogP contribution in [-0.2, 0) is 5.41 Å². The zero-order valence-electron chi connectivity index (χ0n) is 39.0. The van der Waals surface area contributed by atoms with Crippen LogP contribution in [0.25, 0.3) is 76.5 Å². The molecule has 70 heavy (non-hydrogen) atoms. The van der Waals surface area contributed by atoms with Crippen LogP contribution in [0.4, 0.5) is 17.1 Å². The predicted octanol–water partition coefficient (Wildman–Crippen LogP) is 16.0. The Hall–Kier alpha value is -8.66. The van der Waals surface area contributed by atoms with Crippen LogP contribution in [0.15, 0.2) is 243 Å². The lowest BCUT2D eigenvalue weighted by Crippen LogP contribution is -2.52. The minimum absolute atomic E-state index is 0.00312. The zero-order valence-corrected chi connectivity index (χ0v) is 39.0. The topological polar surface area (TPSA) is 12.5 Å². The summed E-state index contributed by atoms with van der Waals surface area (Å²) in [5, 5.41) is 9.82. The van der Waals surface area contributed by atoms with E-state index < -0.39 is 0 Å². The Balaban J connectivity index is 0.987. The summed E-state index contributed by atoms with van der Waals surface area (Å²) in [7, 11) is 0. The number of hydrogen-bond acceptors (Lipinski definition) is 2. The van der Waals surface area contributed by atoms with Gasteiger partial charge in [0.15, 0.2) is 0 Å². The van der Waals surface area contributed by atoms with Gasteiger partial charge in [-0.3, -0.25) is 0 Å². The summed E-state index contributed by atoms with van der Waals surface area (Å²) in [6.07, 6.45) is 0. The van der Waals surface area contributed by atoms with Gasteiger partial charge >= 0.3 is 0 Å². The molecule has 12 aromatic rings. The first-order valence-corrected chi connectivity index (χ1v) is 24.5. The molecule has 0 radical (unpaired) electrons. The molecule has 0 atom stereocenters. The molecule has 12 aromatic carbocycles. The van der Waals surface area contributed by atoms with Crippen molar-refractivity contribution < 1.29 is 4.74 Å². The number of benzene rings is 12. The number of ether oxygens (including phenoxy) is 1. The molecule has 14 rings (SSSR count). The van der Waals surface area contributed by atoms with Gasteiger partial charge in [0.2, 0.25) is 6.71 Å². The summed E-state index contributed by atoms with van der Waals surface area (Å²) in [4.78, 5) is 2.48. The van der Waals surface area contributed by atoms with Crippen LogP contribution in [0.1, 0.15) is 25.0 Å². The van der Waals surface area contributed by atoms with E-state index in [4.69, 9.17) is 4.74 Å². The molecule has 1 aliphatic carbocycles. The van der Waals surface area contributed by atoms with Crippen molar-refractivity contribution in [2.24, 2.45) is 0 Å². The van der Waals surface area contributed by atoms with Gasteiger partial charge in [-0.2, -0.15) is 0 Å². The number of hydrogen-bond donors (Lipinski definition) is 0. The number of anilines is 3. The van der Waals surface area contributed by atoms with E-state index in [2.05, 4.69) is 261 Å². The van der Waals surface area contributed by atoms with Crippen molar-refractivity contribution in [3.63, 3.8) is 0 Å². The monoisotopic (exact) mass is 891 g/mol. The van der Waals surface area contributed by atoms with E-state index in [1.54, 1.807) is 0 Å². The van der Waals surface area contributed by atoms with E-state index in [1.807, 2.05) is 0 Å². The predicted molar refractivity (Wildman–Crippen MR) is 297 cm³/mol. The molecule has 2 aliphatic rings. The van der Waals surface area contributed by atoms with Gasteiger partial charge in [0, 0.05) is 33.7 Å². The Labute approximate surface area is 408 Å². The van der Waals surface area contributed by atoms with Gasteiger partial charge in [0.1, 0.15) is 11.5 Å². The Bertz CT molecular complexity index is 4080. The molecule has 0 aromatic heterocycles. The second kappa shape index (κ2) is 15.7. The highest BCUT2D eigenvalue weighted by Gasteiger charge is 2.39. The molecule has 0 spiro atoms. The molecule has 3 heteroatoms. The fourth-order valence-electron chi connectivity index (χ4n) is 12.3. The van der Waals surface area contributed by atoms with Crippen LogP contribution < -0.4 is 26.0 Å². The second-order valence-electron chi connectivity index (χ2n) is 19.5. The summed E-state index contributed by atoms with van der Waals surface area (Å²) in [5.74, 6) is 1.71. The van der Waals surface area contributed by atoms with Crippen molar-refractivity contribution in [3.8, 4) is 44.9 Å². The molecule has 0 fully saturated rings. The van der Waals surface area contributed by atoms with Gasteiger partial charge in [-0.05, 0) is 107 Å². The van der Waals surface area contributed by atoms with E-state index in [1.165, 1.54) is 87.5 Å². The SMILES string of the molecule is CC1(C)c2ccccc2-c2cccc(N(c3ccc4c(c3)Oc3cccc5c3c-4cc3c4ccccc4c(B(c4ccccc4)c4cccc6ccccc46)cc53)c3ccccc3-c3ccccc3)c21. The third kappa shape index (κ3) is 6.08. The summed E-state index contributed by atoms with van der Waals surface area (Å²) < 4.78 is 7.19. The maximum absolute atomic E-state index is 7.19. The van der Waals surface area contributed by atoms with E-state index in [0.29, 0.717) is 0 Å².